The summed E-state index contributed by atoms with van der Waals surface area (Å²) in [6.45, 7) is 2.04. The summed E-state index contributed by atoms with van der Waals surface area (Å²) in [5.74, 6) is -0.501. The molecule has 0 saturated heterocycles. The van der Waals surface area contributed by atoms with Crippen LogP contribution in [0.1, 0.15) is 57.1 Å². The quantitative estimate of drug-likeness (QED) is 0.695. The van der Waals surface area contributed by atoms with E-state index in [1.165, 1.54) is 25.7 Å². The van der Waals surface area contributed by atoms with E-state index in [1.54, 1.807) is 13.0 Å². The molecule has 0 heterocycles. The fourth-order valence-corrected chi connectivity index (χ4v) is 3.12. The lowest BCUT2D eigenvalue weighted by molar-refractivity contribution is -0.121. The monoisotopic (exact) mass is 365 g/mol. The highest BCUT2D eigenvalue weighted by atomic mass is 19.1. The number of urea groups is 1. The van der Waals surface area contributed by atoms with E-state index >= 15 is 0 Å². The van der Waals surface area contributed by atoms with Crippen molar-refractivity contribution in [2.24, 2.45) is 0 Å². The molecule has 7 heteroatoms. The minimum absolute atomic E-state index is 0.167. The zero-order valence-corrected chi connectivity index (χ0v) is 15.4. The van der Waals surface area contributed by atoms with E-state index in [0.29, 0.717) is 5.56 Å². The zero-order chi connectivity index (χ0) is 18.9. The minimum atomic E-state index is -0.466. The molecule has 2 rings (SSSR count). The molecule has 0 radical (unpaired) electrons. The Hall–Kier alpha value is -2.31. The van der Waals surface area contributed by atoms with E-state index in [2.05, 4.69) is 16.0 Å². The number of benzene rings is 1. The van der Waals surface area contributed by atoms with Gasteiger partial charge in [-0.15, -0.1) is 0 Å². The highest BCUT2D eigenvalue weighted by Gasteiger charge is 2.16. The molecule has 1 aromatic rings. The second kappa shape index (κ2) is 9.99. The summed E-state index contributed by atoms with van der Waals surface area (Å²) in [6.07, 6.45) is 5.74. The van der Waals surface area contributed by atoms with Crippen molar-refractivity contribution in [1.29, 1.82) is 0 Å². The summed E-state index contributed by atoms with van der Waals surface area (Å²) in [6, 6.07) is 4.27. The standard InChI is InChI=1S/C19H28FN3O3/c1-13(14-8-9-17(26-2)16(20)12-14)22-18(24)10-11-21-19(25)23-15-6-4-3-5-7-15/h8-9,12-13,15H,3-7,10-11H2,1-2H3,(H,22,24)(H2,21,23,25). The van der Waals surface area contributed by atoms with E-state index in [-0.39, 0.29) is 42.7 Å². The van der Waals surface area contributed by atoms with Gasteiger partial charge in [-0.1, -0.05) is 25.3 Å². The fraction of sp³-hybridized carbons (Fsp3) is 0.579. The fourth-order valence-electron chi connectivity index (χ4n) is 3.12. The third kappa shape index (κ3) is 6.20. The van der Waals surface area contributed by atoms with Crippen LogP contribution in [-0.2, 0) is 4.79 Å². The Bertz CT molecular complexity index is 618. The highest BCUT2D eigenvalue weighted by Crippen LogP contribution is 2.21. The topological polar surface area (TPSA) is 79.5 Å². The maximum atomic E-state index is 13.7. The second-order valence-electron chi connectivity index (χ2n) is 6.67. The summed E-state index contributed by atoms with van der Waals surface area (Å²) in [5, 5.41) is 8.45. The summed E-state index contributed by atoms with van der Waals surface area (Å²) in [5.41, 5.74) is 0.652. The smallest absolute Gasteiger partial charge is 0.315 e. The molecular weight excluding hydrogens is 337 g/mol. The number of halogens is 1. The molecule has 1 fully saturated rings. The Kier molecular flexibility index (Phi) is 7.69. The molecule has 1 aliphatic rings. The molecule has 1 aliphatic carbocycles. The Balaban J connectivity index is 1.69. The van der Waals surface area contributed by atoms with Gasteiger partial charge in [0.05, 0.1) is 13.2 Å². The van der Waals surface area contributed by atoms with Gasteiger partial charge in [0.2, 0.25) is 5.91 Å². The SMILES string of the molecule is COc1ccc(C(C)NC(=O)CCNC(=O)NC2CCCCC2)cc1F. The number of ether oxygens (including phenoxy) is 1. The molecular formula is C19H28FN3O3. The minimum Gasteiger partial charge on any atom is -0.494 e. The van der Waals surface area contributed by atoms with Crippen molar-refractivity contribution in [3.8, 4) is 5.75 Å². The lowest BCUT2D eigenvalue weighted by atomic mass is 9.96. The van der Waals surface area contributed by atoms with Crippen molar-refractivity contribution < 1.29 is 18.7 Å². The van der Waals surface area contributed by atoms with Crippen molar-refractivity contribution >= 4 is 11.9 Å². The van der Waals surface area contributed by atoms with Crippen LogP contribution in [0.2, 0.25) is 0 Å². The Morgan fingerprint density at radius 3 is 2.65 bits per heavy atom. The first-order chi connectivity index (χ1) is 12.5. The van der Waals surface area contributed by atoms with Crippen molar-refractivity contribution in [3.63, 3.8) is 0 Å². The summed E-state index contributed by atoms with van der Waals surface area (Å²) in [7, 11) is 1.40. The van der Waals surface area contributed by atoms with Crippen LogP contribution in [0.5, 0.6) is 5.75 Å². The van der Waals surface area contributed by atoms with Gasteiger partial charge in [-0.2, -0.15) is 0 Å². The van der Waals surface area contributed by atoms with Crippen molar-refractivity contribution in [2.45, 2.75) is 57.5 Å². The number of carbonyl (C=O) groups excluding carboxylic acids is 2. The van der Waals surface area contributed by atoms with Gasteiger partial charge in [-0.05, 0) is 37.5 Å². The molecule has 3 N–H and O–H groups in total. The van der Waals surface area contributed by atoms with Gasteiger partial charge < -0.3 is 20.7 Å². The van der Waals surface area contributed by atoms with Gasteiger partial charge in [0.25, 0.3) is 0 Å². The maximum absolute atomic E-state index is 13.7. The largest absolute Gasteiger partial charge is 0.494 e. The van der Waals surface area contributed by atoms with E-state index in [1.807, 2.05) is 0 Å². The molecule has 0 spiro atoms. The normalized spacial score (nSPS) is 15.8. The molecule has 1 atom stereocenters. The van der Waals surface area contributed by atoms with Crippen molar-refractivity contribution in [3.05, 3.63) is 29.6 Å². The van der Waals surface area contributed by atoms with E-state index in [4.69, 9.17) is 4.74 Å². The van der Waals surface area contributed by atoms with Crippen LogP contribution in [0, 0.1) is 5.82 Å². The molecule has 3 amide bonds. The van der Waals surface area contributed by atoms with Crippen LogP contribution in [0.25, 0.3) is 0 Å². The maximum Gasteiger partial charge on any atom is 0.315 e. The highest BCUT2D eigenvalue weighted by molar-refractivity contribution is 5.78. The van der Waals surface area contributed by atoms with Gasteiger partial charge in [-0.3, -0.25) is 4.79 Å². The molecule has 144 valence electrons. The zero-order valence-electron chi connectivity index (χ0n) is 15.4. The third-order valence-corrected chi connectivity index (χ3v) is 4.63. The number of carbonyl (C=O) groups is 2. The lowest BCUT2D eigenvalue weighted by Crippen LogP contribution is -2.43. The molecule has 1 unspecified atom stereocenters. The second-order valence-corrected chi connectivity index (χ2v) is 6.67. The molecule has 0 bridgehead atoms. The summed E-state index contributed by atoms with van der Waals surface area (Å²) in [4.78, 5) is 23.8. The van der Waals surface area contributed by atoms with Crippen LogP contribution in [0.4, 0.5) is 9.18 Å². The molecule has 0 aromatic heterocycles. The van der Waals surface area contributed by atoms with Gasteiger partial charge in [0, 0.05) is 19.0 Å². The number of rotatable bonds is 7. The van der Waals surface area contributed by atoms with Gasteiger partial charge >= 0.3 is 6.03 Å². The Morgan fingerprint density at radius 1 is 1.27 bits per heavy atom. The van der Waals surface area contributed by atoms with Gasteiger partial charge in [0.1, 0.15) is 0 Å². The number of hydrogen-bond donors (Lipinski definition) is 3. The van der Waals surface area contributed by atoms with Gasteiger partial charge in [0.15, 0.2) is 11.6 Å². The molecule has 26 heavy (non-hydrogen) atoms. The third-order valence-electron chi connectivity index (χ3n) is 4.63. The lowest BCUT2D eigenvalue weighted by Gasteiger charge is -2.22. The summed E-state index contributed by atoms with van der Waals surface area (Å²) >= 11 is 0. The van der Waals surface area contributed by atoms with Gasteiger partial charge in [-0.25, -0.2) is 9.18 Å². The average molecular weight is 365 g/mol. The van der Waals surface area contributed by atoms with Crippen molar-refractivity contribution in [2.75, 3.05) is 13.7 Å². The molecule has 1 saturated carbocycles. The predicted octanol–water partition coefficient (Wildman–Crippen LogP) is 3.03. The van der Waals surface area contributed by atoms with E-state index in [9.17, 15) is 14.0 Å². The predicted molar refractivity (Wildman–Crippen MR) is 97.5 cm³/mol. The first-order valence-corrected chi connectivity index (χ1v) is 9.16. The van der Waals surface area contributed by atoms with E-state index in [0.717, 1.165) is 25.7 Å². The summed E-state index contributed by atoms with van der Waals surface area (Å²) < 4.78 is 18.6. The number of nitrogens with one attached hydrogen (secondary N) is 3. The van der Waals surface area contributed by atoms with Crippen LogP contribution >= 0.6 is 0 Å². The van der Waals surface area contributed by atoms with Crippen molar-refractivity contribution in [1.82, 2.24) is 16.0 Å². The molecule has 0 aliphatic heterocycles. The van der Waals surface area contributed by atoms with Crippen LogP contribution in [-0.4, -0.2) is 31.6 Å². The van der Waals surface area contributed by atoms with Crippen LogP contribution in [0.15, 0.2) is 18.2 Å². The van der Waals surface area contributed by atoms with Crippen LogP contribution < -0.4 is 20.7 Å². The van der Waals surface area contributed by atoms with E-state index < -0.39 is 5.82 Å². The Labute approximate surface area is 153 Å². The first kappa shape index (κ1) is 20.0. The number of hydrogen-bond acceptors (Lipinski definition) is 3. The first-order valence-electron chi connectivity index (χ1n) is 9.16. The molecule has 6 nitrogen and oxygen atoms in total. The number of methoxy groups -OCH3 is 1. The number of amides is 3. The average Bonchev–Trinajstić information content (AvgIpc) is 2.62. The van der Waals surface area contributed by atoms with Crippen LogP contribution in [0.3, 0.4) is 0 Å². The Morgan fingerprint density at radius 2 is 2.00 bits per heavy atom. The molecule has 1 aromatic carbocycles.